The molecule has 3 rings (SSSR count). The van der Waals surface area contributed by atoms with E-state index >= 15 is 0 Å². The third-order valence-corrected chi connectivity index (χ3v) is 6.03. The predicted octanol–water partition coefficient (Wildman–Crippen LogP) is 5.04. The minimum Gasteiger partial charge on any atom is -0.425 e. The number of amides is 2. The molecule has 0 radical (unpaired) electrons. The number of hydrogen-bond acceptors (Lipinski definition) is 5. The second-order valence-corrected chi connectivity index (χ2v) is 8.43. The number of imide groups is 1. The molecule has 0 spiro atoms. The summed E-state index contributed by atoms with van der Waals surface area (Å²) in [6.07, 6.45) is 9.23. The van der Waals surface area contributed by atoms with Crippen LogP contribution in [0.15, 0.2) is 27.6 Å². The van der Waals surface area contributed by atoms with E-state index in [4.69, 9.17) is 4.74 Å². The Balaban J connectivity index is 1.57. The van der Waals surface area contributed by atoms with Gasteiger partial charge in [-0.25, -0.2) is 0 Å². The summed E-state index contributed by atoms with van der Waals surface area (Å²) in [7, 11) is 0. The van der Waals surface area contributed by atoms with Crippen molar-refractivity contribution in [2.45, 2.75) is 44.9 Å². The molecular formula is C19H20BrNO4S. The Hall–Kier alpha value is -1.60. The van der Waals surface area contributed by atoms with Gasteiger partial charge in [0, 0.05) is 6.42 Å². The van der Waals surface area contributed by atoms with E-state index in [0.717, 1.165) is 23.7 Å². The van der Waals surface area contributed by atoms with Gasteiger partial charge in [-0.2, -0.15) is 0 Å². The highest BCUT2D eigenvalue weighted by Crippen LogP contribution is 2.31. The van der Waals surface area contributed by atoms with Crippen LogP contribution in [-0.4, -0.2) is 17.1 Å². The number of rotatable bonds is 5. The molecule has 1 saturated carbocycles. The number of carbonyl (C=O) groups is 3. The molecule has 0 aromatic heterocycles. The Morgan fingerprint density at radius 3 is 2.69 bits per heavy atom. The first kappa shape index (κ1) is 19.2. The van der Waals surface area contributed by atoms with E-state index in [1.807, 2.05) is 0 Å². The number of halogens is 1. The van der Waals surface area contributed by atoms with E-state index in [2.05, 4.69) is 21.2 Å². The molecule has 0 atom stereocenters. The smallest absolute Gasteiger partial charge is 0.311 e. The van der Waals surface area contributed by atoms with Gasteiger partial charge in [-0.1, -0.05) is 38.2 Å². The maximum Gasteiger partial charge on any atom is 0.311 e. The fourth-order valence-electron chi connectivity index (χ4n) is 3.23. The van der Waals surface area contributed by atoms with Crippen LogP contribution < -0.4 is 10.1 Å². The number of nitrogens with one attached hydrogen (secondary N) is 1. The standard InChI is InChI=1S/C19H20BrNO4S/c20-14-10-13(11-16-18(23)21-19(24)26-16)6-8-15(14)25-17(22)9-7-12-4-2-1-3-5-12/h6,8,10-12H,1-5,7,9H2,(H,21,23,24)/b16-11-. The Morgan fingerprint density at radius 2 is 2.04 bits per heavy atom. The van der Waals surface area contributed by atoms with Crippen molar-refractivity contribution in [2.75, 3.05) is 0 Å². The zero-order chi connectivity index (χ0) is 18.5. The zero-order valence-electron chi connectivity index (χ0n) is 14.3. The number of hydrogen-bond donors (Lipinski definition) is 1. The normalized spacial score (nSPS) is 19.7. The molecule has 1 aromatic carbocycles. The van der Waals surface area contributed by atoms with Crippen molar-refractivity contribution in [1.82, 2.24) is 5.32 Å². The summed E-state index contributed by atoms with van der Waals surface area (Å²) in [6.45, 7) is 0. The molecule has 1 heterocycles. The summed E-state index contributed by atoms with van der Waals surface area (Å²) in [5, 5.41) is 1.84. The third-order valence-electron chi connectivity index (χ3n) is 4.60. The first-order valence-corrected chi connectivity index (χ1v) is 10.4. The van der Waals surface area contributed by atoms with Gasteiger partial charge in [0.05, 0.1) is 9.38 Å². The van der Waals surface area contributed by atoms with Gasteiger partial charge < -0.3 is 4.74 Å². The third kappa shape index (κ3) is 5.20. The van der Waals surface area contributed by atoms with E-state index in [-0.39, 0.29) is 11.2 Å². The Bertz CT molecular complexity index is 756. The van der Waals surface area contributed by atoms with Crippen LogP contribution in [0.1, 0.15) is 50.5 Å². The van der Waals surface area contributed by atoms with Crippen molar-refractivity contribution in [1.29, 1.82) is 0 Å². The van der Waals surface area contributed by atoms with Crippen LogP contribution in [0.4, 0.5) is 4.79 Å². The summed E-state index contributed by atoms with van der Waals surface area (Å²) in [4.78, 5) is 35.2. The lowest BCUT2D eigenvalue weighted by Gasteiger charge is -2.20. The van der Waals surface area contributed by atoms with Crippen LogP contribution in [-0.2, 0) is 9.59 Å². The van der Waals surface area contributed by atoms with Crippen LogP contribution in [0.5, 0.6) is 5.75 Å². The van der Waals surface area contributed by atoms with E-state index < -0.39 is 5.91 Å². The van der Waals surface area contributed by atoms with E-state index in [1.54, 1.807) is 24.3 Å². The van der Waals surface area contributed by atoms with Crippen molar-refractivity contribution in [3.05, 3.63) is 33.1 Å². The van der Waals surface area contributed by atoms with Crippen LogP contribution in [0, 0.1) is 5.92 Å². The van der Waals surface area contributed by atoms with E-state index in [9.17, 15) is 14.4 Å². The van der Waals surface area contributed by atoms with Gasteiger partial charge in [0.2, 0.25) is 0 Å². The Labute approximate surface area is 165 Å². The average Bonchev–Trinajstić information content (AvgIpc) is 2.93. The number of benzene rings is 1. The predicted molar refractivity (Wildman–Crippen MR) is 105 cm³/mol. The summed E-state index contributed by atoms with van der Waals surface area (Å²) >= 11 is 4.27. The second kappa shape index (κ2) is 8.86. The van der Waals surface area contributed by atoms with Crippen LogP contribution in [0.2, 0.25) is 0 Å². The van der Waals surface area contributed by atoms with Crippen LogP contribution in [0.3, 0.4) is 0 Å². The lowest BCUT2D eigenvalue weighted by molar-refractivity contribution is -0.134. The fourth-order valence-corrected chi connectivity index (χ4v) is 4.39. The van der Waals surface area contributed by atoms with Gasteiger partial charge in [-0.05, 0) is 63.8 Å². The molecular weight excluding hydrogens is 418 g/mol. The minimum atomic E-state index is -0.394. The summed E-state index contributed by atoms with van der Waals surface area (Å²) in [5.74, 6) is 0.486. The monoisotopic (exact) mass is 437 g/mol. The molecule has 5 nitrogen and oxygen atoms in total. The molecule has 1 aliphatic carbocycles. The second-order valence-electron chi connectivity index (χ2n) is 6.56. The van der Waals surface area contributed by atoms with Gasteiger partial charge in [0.25, 0.3) is 11.1 Å². The van der Waals surface area contributed by atoms with Gasteiger partial charge in [0.15, 0.2) is 0 Å². The summed E-state index contributed by atoms with van der Waals surface area (Å²) < 4.78 is 6.09. The van der Waals surface area contributed by atoms with Crippen molar-refractivity contribution in [3.63, 3.8) is 0 Å². The summed E-state index contributed by atoms with van der Waals surface area (Å²) in [5.41, 5.74) is 0.742. The maximum absolute atomic E-state index is 12.1. The molecule has 0 bridgehead atoms. The molecule has 1 saturated heterocycles. The quantitative estimate of drug-likeness (QED) is 0.396. The van der Waals surface area contributed by atoms with Gasteiger partial charge in [-0.3, -0.25) is 19.7 Å². The SMILES string of the molecule is O=C(CCC1CCCCC1)Oc1ccc(/C=C2\SC(=O)NC2=O)cc1Br. The lowest BCUT2D eigenvalue weighted by atomic mass is 9.86. The number of carbonyl (C=O) groups excluding carboxylic acids is 3. The van der Waals surface area contributed by atoms with Crippen molar-refractivity contribution >= 4 is 50.9 Å². The van der Waals surface area contributed by atoms with E-state index in [0.29, 0.717) is 27.5 Å². The average molecular weight is 438 g/mol. The molecule has 26 heavy (non-hydrogen) atoms. The van der Waals surface area contributed by atoms with Crippen molar-refractivity contribution < 1.29 is 19.1 Å². The van der Waals surface area contributed by atoms with E-state index in [1.165, 1.54) is 32.1 Å². The highest BCUT2D eigenvalue weighted by molar-refractivity contribution is 9.10. The van der Waals surface area contributed by atoms with Gasteiger partial charge >= 0.3 is 5.97 Å². The molecule has 7 heteroatoms. The molecule has 1 N–H and O–H groups in total. The molecule has 0 unspecified atom stereocenters. The van der Waals surface area contributed by atoms with Crippen LogP contribution >= 0.6 is 27.7 Å². The first-order chi connectivity index (χ1) is 12.5. The Kier molecular flexibility index (Phi) is 6.53. The van der Waals surface area contributed by atoms with Gasteiger partial charge in [0.1, 0.15) is 5.75 Å². The maximum atomic E-state index is 12.1. The van der Waals surface area contributed by atoms with Crippen molar-refractivity contribution in [2.24, 2.45) is 5.92 Å². The highest BCUT2D eigenvalue weighted by atomic mass is 79.9. The largest absolute Gasteiger partial charge is 0.425 e. The molecule has 1 aliphatic heterocycles. The highest BCUT2D eigenvalue weighted by Gasteiger charge is 2.25. The lowest BCUT2D eigenvalue weighted by Crippen LogP contribution is -2.17. The number of thioether (sulfide) groups is 1. The first-order valence-electron chi connectivity index (χ1n) is 8.76. The topological polar surface area (TPSA) is 72.5 Å². The minimum absolute atomic E-state index is 0.223. The van der Waals surface area contributed by atoms with Gasteiger partial charge in [-0.15, -0.1) is 0 Å². The number of esters is 1. The Morgan fingerprint density at radius 1 is 1.27 bits per heavy atom. The molecule has 138 valence electrons. The summed E-state index contributed by atoms with van der Waals surface area (Å²) in [6, 6.07) is 5.19. The fraction of sp³-hybridized carbons (Fsp3) is 0.421. The molecule has 1 aromatic rings. The zero-order valence-corrected chi connectivity index (χ0v) is 16.7. The molecule has 2 aliphatic rings. The van der Waals surface area contributed by atoms with Crippen molar-refractivity contribution in [3.8, 4) is 5.75 Å². The molecule has 2 fully saturated rings. The number of ether oxygens (including phenoxy) is 1. The van der Waals surface area contributed by atoms with Crippen LogP contribution in [0.25, 0.3) is 6.08 Å². The molecule has 2 amide bonds.